The number of rotatable bonds is 2. The maximum Gasteiger partial charge on any atom is 0.226 e. The first-order chi connectivity index (χ1) is 9.33. The molecule has 1 saturated heterocycles. The summed E-state index contributed by atoms with van der Waals surface area (Å²) in [6.07, 6.45) is 3.49. The number of hydrogen-bond acceptors (Lipinski definition) is 6. The molecule has 2 N–H and O–H groups in total. The van der Waals surface area contributed by atoms with Crippen molar-refractivity contribution >= 4 is 11.8 Å². The first-order valence-electron chi connectivity index (χ1n) is 6.20. The Kier molecular flexibility index (Phi) is 3.24. The van der Waals surface area contributed by atoms with Crippen molar-refractivity contribution in [1.29, 1.82) is 0 Å². The molecule has 6 nitrogen and oxygen atoms in total. The van der Waals surface area contributed by atoms with Gasteiger partial charge in [0.2, 0.25) is 5.95 Å². The minimum Gasteiger partial charge on any atom is -0.384 e. The van der Waals surface area contributed by atoms with E-state index in [-0.39, 0.29) is 0 Å². The lowest BCUT2D eigenvalue weighted by molar-refractivity contribution is 0.122. The van der Waals surface area contributed by atoms with Crippen LogP contribution in [0, 0.1) is 0 Å². The van der Waals surface area contributed by atoms with Gasteiger partial charge in [-0.2, -0.15) is 0 Å². The number of anilines is 2. The molecule has 6 heteroatoms. The molecule has 2 aromatic heterocycles. The summed E-state index contributed by atoms with van der Waals surface area (Å²) in [6.45, 7) is 3.08. The van der Waals surface area contributed by atoms with E-state index in [2.05, 4.69) is 19.9 Å². The highest BCUT2D eigenvalue weighted by Gasteiger charge is 2.14. The summed E-state index contributed by atoms with van der Waals surface area (Å²) in [7, 11) is 0. The molecule has 3 rings (SSSR count). The van der Waals surface area contributed by atoms with Crippen molar-refractivity contribution in [2.24, 2.45) is 0 Å². The van der Waals surface area contributed by atoms with Crippen molar-refractivity contribution in [1.82, 2.24) is 15.0 Å². The number of morpholine rings is 1. The van der Waals surface area contributed by atoms with Crippen LogP contribution < -0.4 is 10.6 Å². The van der Waals surface area contributed by atoms with Crippen LogP contribution in [-0.4, -0.2) is 41.3 Å². The van der Waals surface area contributed by atoms with Crippen molar-refractivity contribution in [3.63, 3.8) is 0 Å². The van der Waals surface area contributed by atoms with Gasteiger partial charge in [0.15, 0.2) is 0 Å². The molecule has 0 aliphatic carbocycles. The molecular weight excluding hydrogens is 242 g/mol. The van der Waals surface area contributed by atoms with Crippen molar-refractivity contribution in [2.75, 3.05) is 36.9 Å². The highest BCUT2D eigenvalue weighted by atomic mass is 16.5. The van der Waals surface area contributed by atoms with Gasteiger partial charge in [0.1, 0.15) is 5.82 Å². The van der Waals surface area contributed by atoms with E-state index in [1.165, 1.54) is 0 Å². The second-order valence-corrected chi connectivity index (χ2v) is 4.31. The van der Waals surface area contributed by atoms with E-state index in [1.807, 2.05) is 12.1 Å². The van der Waals surface area contributed by atoms with Gasteiger partial charge in [0.25, 0.3) is 0 Å². The van der Waals surface area contributed by atoms with Crippen LogP contribution in [0.2, 0.25) is 0 Å². The van der Waals surface area contributed by atoms with Gasteiger partial charge in [-0.1, -0.05) is 0 Å². The molecule has 2 aromatic rings. The molecule has 0 spiro atoms. The number of hydrogen-bond donors (Lipinski definition) is 1. The minimum atomic E-state index is 0.506. The molecule has 0 saturated carbocycles. The predicted molar refractivity (Wildman–Crippen MR) is 72.7 cm³/mol. The molecule has 1 aliphatic heterocycles. The fourth-order valence-corrected chi connectivity index (χ4v) is 1.98. The second kappa shape index (κ2) is 5.19. The fraction of sp³-hybridized carbons (Fsp3) is 0.308. The Morgan fingerprint density at radius 1 is 1.11 bits per heavy atom. The molecule has 0 unspecified atom stereocenters. The summed E-state index contributed by atoms with van der Waals surface area (Å²) >= 11 is 0. The average molecular weight is 257 g/mol. The summed E-state index contributed by atoms with van der Waals surface area (Å²) in [5.74, 6) is 1.24. The normalized spacial score (nSPS) is 15.5. The van der Waals surface area contributed by atoms with Crippen LogP contribution in [-0.2, 0) is 4.74 Å². The summed E-state index contributed by atoms with van der Waals surface area (Å²) in [5.41, 5.74) is 7.37. The lowest BCUT2D eigenvalue weighted by atomic mass is 10.2. The van der Waals surface area contributed by atoms with Crippen LogP contribution in [0.5, 0.6) is 0 Å². The van der Waals surface area contributed by atoms with Crippen molar-refractivity contribution in [3.8, 4) is 11.3 Å². The van der Waals surface area contributed by atoms with Gasteiger partial charge in [-0.25, -0.2) is 15.0 Å². The van der Waals surface area contributed by atoms with E-state index in [4.69, 9.17) is 10.5 Å². The molecule has 98 valence electrons. The quantitative estimate of drug-likeness (QED) is 0.863. The third-order valence-corrected chi connectivity index (χ3v) is 3.02. The molecule has 0 amide bonds. The van der Waals surface area contributed by atoms with Gasteiger partial charge in [-0.3, -0.25) is 0 Å². The Morgan fingerprint density at radius 2 is 1.95 bits per heavy atom. The molecule has 0 bridgehead atoms. The van der Waals surface area contributed by atoms with E-state index in [1.54, 1.807) is 18.5 Å². The zero-order valence-corrected chi connectivity index (χ0v) is 10.5. The highest BCUT2D eigenvalue weighted by Crippen LogP contribution is 2.19. The van der Waals surface area contributed by atoms with E-state index in [9.17, 15) is 0 Å². The van der Waals surface area contributed by atoms with Crippen LogP contribution in [0.25, 0.3) is 11.3 Å². The fourth-order valence-electron chi connectivity index (χ4n) is 1.98. The first kappa shape index (κ1) is 11.9. The van der Waals surface area contributed by atoms with Crippen LogP contribution in [0.15, 0.2) is 30.6 Å². The summed E-state index contributed by atoms with van der Waals surface area (Å²) in [6, 6.07) is 5.55. The number of nitrogens with zero attached hydrogens (tertiary/aromatic N) is 4. The largest absolute Gasteiger partial charge is 0.384 e. The summed E-state index contributed by atoms with van der Waals surface area (Å²) in [4.78, 5) is 15.1. The first-order valence-corrected chi connectivity index (χ1v) is 6.20. The lowest BCUT2D eigenvalue weighted by Gasteiger charge is -2.26. The Labute approximate surface area is 111 Å². The SMILES string of the molecule is Nc1ccc(-c2ccnc(N3CCOCC3)n2)cn1. The molecule has 1 fully saturated rings. The maximum atomic E-state index is 5.59. The average Bonchev–Trinajstić information content (AvgIpc) is 2.49. The molecule has 3 heterocycles. The molecule has 0 radical (unpaired) electrons. The molecular formula is C13H15N5O. The van der Waals surface area contributed by atoms with Gasteiger partial charge in [0.05, 0.1) is 18.9 Å². The van der Waals surface area contributed by atoms with Gasteiger partial charge >= 0.3 is 0 Å². The number of pyridine rings is 1. The number of ether oxygens (including phenoxy) is 1. The Morgan fingerprint density at radius 3 is 2.68 bits per heavy atom. The Balaban J connectivity index is 1.88. The van der Waals surface area contributed by atoms with Crippen molar-refractivity contribution < 1.29 is 4.74 Å². The van der Waals surface area contributed by atoms with Crippen LogP contribution >= 0.6 is 0 Å². The topological polar surface area (TPSA) is 77.2 Å². The zero-order chi connectivity index (χ0) is 13.1. The van der Waals surface area contributed by atoms with E-state index in [0.717, 1.165) is 43.5 Å². The van der Waals surface area contributed by atoms with Crippen LogP contribution in [0.4, 0.5) is 11.8 Å². The summed E-state index contributed by atoms with van der Waals surface area (Å²) < 4.78 is 5.33. The summed E-state index contributed by atoms with van der Waals surface area (Å²) in [5, 5.41) is 0. The maximum absolute atomic E-state index is 5.59. The number of nitrogens with two attached hydrogens (primary N) is 1. The van der Waals surface area contributed by atoms with E-state index in [0.29, 0.717) is 5.82 Å². The number of nitrogen functional groups attached to an aromatic ring is 1. The van der Waals surface area contributed by atoms with Gasteiger partial charge in [-0.05, 0) is 18.2 Å². The molecule has 19 heavy (non-hydrogen) atoms. The monoisotopic (exact) mass is 257 g/mol. The van der Waals surface area contributed by atoms with Gasteiger partial charge < -0.3 is 15.4 Å². The Hall–Kier alpha value is -2.21. The van der Waals surface area contributed by atoms with Crippen molar-refractivity contribution in [3.05, 3.63) is 30.6 Å². The van der Waals surface area contributed by atoms with Gasteiger partial charge in [-0.15, -0.1) is 0 Å². The number of aromatic nitrogens is 3. The zero-order valence-electron chi connectivity index (χ0n) is 10.5. The Bertz CT molecular complexity index is 551. The third kappa shape index (κ3) is 2.63. The van der Waals surface area contributed by atoms with Crippen LogP contribution in [0.3, 0.4) is 0 Å². The second-order valence-electron chi connectivity index (χ2n) is 4.31. The molecule has 0 atom stereocenters. The van der Waals surface area contributed by atoms with Crippen LogP contribution in [0.1, 0.15) is 0 Å². The van der Waals surface area contributed by atoms with Crippen molar-refractivity contribution in [2.45, 2.75) is 0 Å². The minimum absolute atomic E-state index is 0.506. The smallest absolute Gasteiger partial charge is 0.226 e. The predicted octanol–water partition coefficient (Wildman–Crippen LogP) is 0.957. The molecule has 0 aromatic carbocycles. The lowest BCUT2D eigenvalue weighted by Crippen LogP contribution is -2.37. The van der Waals surface area contributed by atoms with E-state index < -0.39 is 0 Å². The third-order valence-electron chi connectivity index (χ3n) is 3.02. The molecule has 1 aliphatic rings. The highest BCUT2D eigenvalue weighted by molar-refractivity contribution is 5.60. The van der Waals surface area contributed by atoms with E-state index >= 15 is 0 Å². The van der Waals surface area contributed by atoms with Gasteiger partial charge in [0, 0.05) is 31.0 Å². The standard InChI is InChI=1S/C13H15N5O/c14-12-2-1-10(9-16-12)11-3-4-15-13(17-11)18-5-7-19-8-6-18/h1-4,9H,5-8H2,(H2,14,16).